The van der Waals surface area contributed by atoms with Crippen molar-refractivity contribution < 1.29 is 9.72 Å². The van der Waals surface area contributed by atoms with Crippen molar-refractivity contribution in [2.24, 2.45) is 5.92 Å². The van der Waals surface area contributed by atoms with Gasteiger partial charge in [-0.1, -0.05) is 18.5 Å². The normalized spacial score (nSPS) is 12.0. The summed E-state index contributed by atoms with van der Waals surface area (Å²) < 4.78 is 2.41. The highest BCUT2D eigenvalue weighted by molar-refractivity contribution is 9.11. The van der Waals surface area contributed by atoms with E-state index in [1.807, 2.05) is 0 Å². The molecule has 0 fully saturated rings. The Bertz CT molecular complexity index is 742. The third kappa shape index (κ3) is 4.52. The first-order valence-corrected chi connectivity index (χ1v) is 8.36. The van der Waals surface area contributed by atoms with Crippen molar-refractivity contribution >= 4 is 60.7 Å². The standard InChI is InChI=1S/C13H11Br2ClN4O3/c1-7(5-19-6-8(16)4-17-19)13(21)18-12-10(14)2-9(20(22)23)3-11(12)15/h2-4,6-7H,5H2,1H3,(H,18,21). The van der Waals surface area contributed by atoms with Gasteiger partial charge >= 0.3 is 0 Å². The summed E-state index contributed by atoms with van der Waals surface area (Å²) in [6.07, 6.45) is 3.12. The van der Waals surface area contributed by atoms with Crippen molar-refractivity contribution in [1.29, 1.82) is 0 Å². The van der Waals surface area contributed by atoms with E-state index in [1.165, 1.54) is 18.3 Å². The van der Waals surface area contributed by atoms with E-state index in [-0.39, 0.29) is 17.5 Å². The predicted octanol–water partition coefficient (Wildman–Crippen LogP) is 4.24. The lowest BCUT2D eigenvalue weighted by molar-refractivity contribution is -0.385. The smallest absolute Gasteiger partial charge is 0.271 e. The van der Waals surface area contributed by atoms with Crippen molar-refractivity contribution in [1.82, 2.24) is 9.78 Å². The maximum absolute atomic E-state index is 12.3. The number of nitrogens with zero attached hydrogens (tertiary/aromatic N) is 3. The molecule has 1 aromatic carbocycles. The maximum atomic E-state index is 12.3. The van der Waals surface area contributed by atoms with Crippen LogP contribution in [0.25, 0.3) is 0 Å². The van der Waals surface area contributed by atoms with Crippen LogP contribution in [0.1, 0.15) is 6.92 Å². The molecule has 1 N–H and O–H groups in total. The summed E-state index contributed by atoms with van der Waals surface area (Å²) in [5, 5.41) is 18.1. The first-order valence-electron chi connectivity index (χ1n) is 6.40. The van der Waals surface area contributed by atoms with Crippen molar-refractivity contribution in [3.05, 3.63) is 48.6 Å². The van der Waals surface area contributed by atoms with E-state index < -0.39 is 4.92 Å². The van der Waals surface area contributed by atoms with Crippen molar-refractivity contribution in [3.8, 4) is 0 Å². The number of anilines is 1. The van der Waals surface area contributed by atoms with E-state index in [1.54, 1.807) is 17.8 Å². The second-order valence-electron chi connectivity index (χ2n) is 4.81. The fourth-order valence-corrected chi connectivity index (χ4v) is 3.35. The Labute approximate surface area is 153 Å². The molecule has 0 aliphatic rings. The number of halogens is 3. The highest BCUT2D eigenvalue weighted by Gasteiger charge is 2.19. The Kier molecular flexibility index (Phi) is 5.77. The van der Waals surface area contributed by atoms with Crippen LogP contribution in [0.2, 0.25) is 5.02 Å². The molecule has 0 saturated carbocycles. The molecule has 0 saturated heterocycles. The molecule has 0 radical (unpaired) electrons. The summed E-state index contributed by atoms with van der Waals surface area (Å²) >= 11 is 12.2. The highest BCUT2D eigenvalue weighted by Crippen LogP contribution is 2.35. The van der Waals surface area contributed by atoms with Gasteiger partial charge in [-0.25, -0.2) is 0 Å². The molecule has 1 amide bonds. The van der Waals surface area contributed by atoms with Crippen LogP contribution in [0.3, 0.4) is 0 Å². The van der Waals surface area contributed by atoms with Gasteiger partial charge in [0.1, 0.15) is 0 Å². The molecular formula is C13H11Br2ClN4O3. The number of carbonyl (C=O) groups excluding carboxylic acids is 1. The number of amides is 1. The number of nitro groups is 1. The summed E-state index contributed by atoms with van der Waals surface area (Å²) in [4.78, 5) is 22.6. The molecule has 1 atom stereocenters. The second-order valence-corrected chi connectivity index (χ2v) is 6.96. The van der Waals surface area contributed by atoms with Crippen LogP contribution in [0.5, 0.6) is 0 Å². The molecule has 122 valence electrons. The Morgan fingerprint density at radius 3 is 2.57 bits per heavy atom. The number of rotatable bonds is 5. The van der Waals surface area contributed by atoms with Crippen LogP contribution in [-0.4, -0.2) is 20.6 Å². The molecule has 1 unspecified atom stereocenters. The predicted molar refractivity (Wildman–Crippen MR) is 93.5 cm³/mol. The van der Waals surface area contributed by atoms with E-state index in [0.717, 1.165) is 0 Å². The van der Waals surface area contributed by atoms with Gasteiger partial charge in [-0.3, -0.25) is 19.6 Å². The first-order chi connectivity index (χ1) is 10.8. The molecule has 23 heavy (non-hydrogen) atoms. The van der Waals surface area contributed by atoms with Crippen LogP contribution >= 0.6 is 43.5 Å². The monoisotopic (exact) mass is 464 g/mol. The highest BCUT2D eigenvalue weighted by atomic mass is 79.9. The number of non-ortho nitro benzene ring substituents is 1. The van der Waals surface area contributed by atoms with Gasteiger partial charge < -0.3 is 5.32 Å². The summed E-state index contributed by atoms with van der Waals surface area (Å²) in [7, 11) is 0. The molecule has 0 spiro atoms. The van der Waals surface area contributed by atoms with Gasteiger partial charge in [-0.05, 0) is 31.9 Å². The molecule has 10 heteroatoms. The zero-order valence-electron chi connectivity index (χ0n) is 11.8. The van der Waals surface area contributed by atoms with Gasteiger partial charge in [0.2, 0.25) is 5.91 Å². The Hall–Kier alpha value is -1.45. The molecule has 1 aromatic heterocycles. The lowest BCUT2D eigenvalue weighted by Gasteiger charge is -2.14. The van der Waals surface area contributed by atoms with E-state index in [9.17, 15) is 14.9 Å². The topological polar surface area (TPSA) is 90.1 Å². The Morgan fingerprint density at radius 1 is 1.48 bits per heavy atom. The minimum absolute atomic E-state index is 0.0824. The summed E-state index contributed by atoms with van der Waals surface area (Å²) in [6.45, 7) is 2.11. The average molecular weight is 467 g/mol. The Morgan fingerprint density at radius 2 is 2.09 bits per heavy atom. The maximum Gasteiger partial charge on any atom is 0.271 e. The zero-order chi connectivity index (χ0) is 17.1. The molecule has 0 bridgehead atoms. The minimum Gasteiger partial charge on any atom is -0.324 e. The summed E-state index contributed by atoms with van der Waals surface area (Å²) in [5.41, 5.74) is 0.354. The van der Waals surface area contributed by atoms with Crippen molar-refractivity contribution in [2.75, 3.05) is 5.32 Å². The van der Waals surface area contributed by atoms with Gasteiger partial charge in [-0.2, -0.15) is 5.10 Å². The van der Waals surface area contributed by atoms with Crippen LogP contribution in [0.4, 0.5) is 11.4 Å². The lowest BCUT2D eigenvalue weighted by Crippen LogP contribution is -2.25. The van der Waals surface area contributed by atoms with Gasteiger partial charge in [0.15, 0.2) is 0 Å². The minimum atomic E-state index is -0.509. The van der Waals surface area contributed by atoms with Gasteiger partial charge in [-0.15, -0.1) is 0 Å². The largest absolute Gasteiger partial charge is 0.324 e. The van der Waals surface area contributed by atoms with E-state index in [4.69, 9.17) is 11.6 Å². The van der Waals surface area contributed by atoms with Crippen LogP contribution in [0.15, 0.2) is 33.5 Å². The first kappa shape index (κ1) is 17.9. The number of aromatic nitrogens is 2. The fraction of sp³-hybridized carbons (Fsp3) is 0.231. The third-order valence-corrected chi connectivity index (χ3v) is 4.44. The van der Waals surface area contributed by atoms with E-state index >= 15 is 0 Å². The van der Waals surface area contributed by atoms with Gasteiger partial charge in [0.25, 0.3) is 5.69 Å². The summed E-state index contributed by atoms with van der Waals surface area (Å²) in [6, 6.07) is 2.66. The zero-order valence-corrected chi connectivity index (χ0v) is 15.7. The Balaban J connectivity index is 2.12. The quantitative estimate of drug-likeness (QED) is 0.527. The van der Waals surface area contributed by atoms with Crippen LogP contribution in [-0.2, 0) is 11.3 Å². The van der Waals surface area contributed by atoms with Crippen molar-refractivity contribution in [2.45, 2.75) is 13.5 Å². The van der Waals surface area contributed by atoms with Crippen LogP contribution in [0, 0.1) is 16.0 Å². The second kappa shape index (κ2) is 7.41. The number of hydrogen-bond donors (Lipinski definition) is 1. The molecule has 2 rings (SSSR count). The number of benzene rings is 1. The third-order valence-electron chi connectivity index (χ3n) is 3.00. The van der Waals surface area contributed by atoms with E-state index in [2.05, 4.69) is 42.3 Å². The molecule has 2 aromatic rings. The molecule has 0 aliphatic heterocycles. The molecule has 7 nitrogen and oxygen atoms in total. The molecule has 0 aliphatic carbocycles. The molecule has 1 heterocycles. The molecular weight excluding hydrogens is 455 g/mol. The van der Waals surface area contributed by atoms with Crippen molar-refractivity contribution in [3.63, 3.8) is 0 Å². The van der Waals surface area contributed by atoms with Gasteiger partial charge in [0.05, 0.1) is 34.3 Å². The number of nitrogens with one attached hydrogen (secondary N) is 1. The average Bonchev–Trinajstić information content (AvgIpc) is 2.87. The SMILES string of the molecule is CC(Cn1cc(Cl)cn1)C(=O)Nc1c(Br)cc([N+](=O)[O-])cc1Br. The lowest BCUT2D eigenvalue weighted by atomic mass is 10.1. The number of carbonyl (C=O) groups is 1. The van der Waals surface area contributed by atoms with Gasteiger partial charge in [0, 0.05) is 27.3 Å². The number of nitro benzene ring substituents is 1. The van der Waals surface area contributed by atoms with Crippen LogP contribution < -0.4 is 5.32 Å². The summed E-state index contributed by atoms with van der Waals surface area (Å²) in [5.74, 6) is -0.619. The van der Waals surface area contributed by atoms with E-state index in [0.29, 0.717) is 26.2 Å². The fourth-order valence-electron chi connectivity index (χ4n) is 1.83. The number of hydrogen-bond acceptors (Lipinski definition) is 4.